The van der Waals surface area contributed by atoms with E-state index in [-0.39, 0.29) is 22.9 Å². The number of nitrogens with one attached hydrogen (secondary N) is 1. The molecule has 0 aliphatic rings. The molecule has 0 bridgehead atoms. The summed E-state index contributed by atoms with van der Waals surface area (Å²) in [4.78, 5) is 12.4. The van der Waals surface area contributed by atoms with E-state index < -0.39 is 5.92 Å². The van der Waals surface area contributed by atoms with Crippen LogP contribution < -0.4 is 11.1 Å². The van der Waals surface area contributed by atoms with Crippen molar-refractivity contribution in [1.82, 2.24) is 5.32 Å². The molecule has 2 unspecified atom stereocenters. The van der Waals surface area contributed by atoms with E-state index in [4.69, 9.17) is 22.7 Å². The van der Waals surface area contributed by atoms with Crippen molar-refractivity contribution >= 4 is 23.1 Å². The van der Waals surface area contributed by atoms with E-state index in [0.29, 0.717) is 19.1 Å². The summed E-state index contributed by atoms with van der Waals surface area (Å²) in [5.41, 5.74) is 5.63. The summed E-state index contributed by atoms with van der Waals surface area (Å²) in [6.07, 6.45) is 0. The molecule has 0 fully saturated rings. The predicted molar refractivity (Wildman–Crippen MR) is 78.4 cm³/mol. The van der Waals surface area contributed by atoms with Gasteiger partial charge in [0.1, 0.15) is 0 Å². The van der Waals surface area contributed by atoms with Gasteiger partial charge in [0.15, 0.2) is 0 Å². The van der Waals surface area contributed by atoms with E-state index in [9.17, 15) is 4.79 Å². The second kappa shape index (κ2) is 8.43. The highest BCUT2D eigenvalue weighted by Crippen LogP contribution is 2.13. The molecular weight excluding hydrogens is 248 g/mol. The summed E-state index contributed by atoms with van der Waals surface area (Å²) in [5, 5.41) is 2.98. The fraction of sp³-hybridized carbons (Fsp3) is 0.846. The maximum Gasteiger partial charge on any atom is 0.230 e. The molecule has 0 aromatic rings. The van der Waals surface area contributed by atoms with Crippen LogP contribution in [0.25, 0.3) is 0 Å². The van der Waals surface area contributed by atoms with Crippen molar-refractivity contribution < 1.29 is 9.53 Å². The molecule has 0 aromatic heterocycles. The number of hydrogen-bond acceptors (Lipinski definition) is 3. The van der Waals surface area contributed by atoms with Crippen LogP contribution in [0.2, 0.25) is 0 Å². The Morgan fingerprint density at radius 3 is 2.17 bits per heavy atom. The second-order valence-electron chi connectivity index (χ2n) is 5.14. The van der Waals surface area contributed by atoms with Gasteiger partial charge in [-0.3, -0.25) is 4.79 Å². The number of thiocarbonyl (C=S) groups is 1. The van der Waals surface area contributed by atoms with Crippen molar-refractivity contribution in [3.05, 3.63) is 0 Å². The molecule has 0 aliphatic carbocycles. The molecule has 0 rings (SSSR count). The van der Waals surface area contributed by atoms with E-state index in [1.807, 2.05) is 20.8 Å². The van der Waals surface area contributed by atoms with E-state index in [0.717, 1.165) is 0 Å². The predicted octanol–water partition coefficient (Wildman–Crippen LogP) is 1.72. The van der Waals surface area contributed by atoms with Crippen molar-refractivity contribution in [2.75, 3.05) is 13.2 Å². The van der Waals surface area contributed by atoms with E-state index >= 15 is 0 Å². The Hall–Kier alpha value is -0.680. The molecule has 18 heavy (non-hydrogen) atoms. The van der Waals surface area contributed by atoms with Crippen LogP contribution >= 0.6 is 12.2 Å². The minimum absolute atomic E-state index is 0.00644. The Morgan fingerprint density at radius 2 is 1.83 bits per heavy atom. The van der Waals surface area contributed by atoms with Crippen LogP contribution in [0.1, 0.15) is 34.6 Å². The lowest BCUT2D eigenvalue weighted by Crippen LogP contribution is -2.48. The third kappa shape index (κ3) is 5.78. The smallest absolute Gasteiger partial charge is 0.230 e. The Balaban J connectivity index is 4.61. The van der Waals surface area contributed by atoms with Crippen LogP contribution in [0.3, 0.4) is 0 Å². The summed E-state index contributed by atoms with van der Waals surface area (Å²) in [6.45, 7) is 11.1. The fourth-order valence-electron chi connectivity index (χ4n) is 1.68. The number of carbonyl (C=O) groups excluding carboxylic acids is 1. The van der Waals surface area contributed by atoms with Gasteiger partial charge < -0.3 is 15.8 Å². The minimum atomic E-state index is -0.414. The molecule has 3 N–H and O–H groups in total. The molecule has 0 saturated heterocycles. The maximum absolute atomic E-state index is 12.2. The molecule has 0 aromatic carbocycles. The van der Waals surface area contributed by atoms with Crippen LogP contribution in [-0.4, -0.2) is 30.2 Å². The molecular formula is C13H26N2O2S. The van der Waals surface area contributed by atoms with Crippen molar-refractivity contribution in [2.24, 2.45) is 23.5 Å². The SMILES string of the molecule is CCOCC(NC(=O)C(C(N)=S)C(C)C)C(C)C. The van der Waals surface area contributed by atoms with Crippen LogP contribution in [-0.2, 0) is 9.53 Å². The van der Waals surface area contributed by atoms with Crippen LogP contribution in [0, 0.1) is 17.8 Å². The average molecular weight is 274 g/mol. The van der Waals surface area contributed by atoms with E-state index in [2.05, 4.69) is 19.2 Å². The number of nitrogens with two attached hydrogens (primary N) is 1. The molecule has 5 heteroatoms. The molecule has 4 nitrogen and oxygen atoms in total. The standard InChI is InChI=1S/C13H26N2O2S/c1-6-17-7-10(8(2)3)15-13(16)11(9(4)5)12(14)18/h8-11H,6-7H2,1-5H3,(H2,14,18)(H,15,16). The van der Waals surface area contributed by atoms with Crippen molar-refractivity contribution in [1.29, 1.82) is 0 Å². The summed E-state index contributed by atoms with van der Waals surface area (Å²) < 4.78 is 5.38. The summed E-state index contributed by atoms with van der Waals surface area (Å²) >= 11 is 4.96. The number of ether oxygens (including phenoxy) is 1. The summed E-state index contributed by atoms with van der Waals surface area (Å²) in [7, 11) is 0. The lowest BCUT2D eigenvalue weighted by atomic mass is 9.94. The first-order valence-corrected chi connectivity index (χ1v) is 6.89. The highest BCUT2D eigenvalue weighted by atomic mass is 32.1. The van der Waals surface area contributed by atoms with Gasteiger partial charge in [0.25, 0.3) is 0 Å². The van der Waals surface area contributed by atoms with Crippen molar-refractivity contribution in [3.63, 3.8) is 0 Å². The molecule has 0 spiro atoms. The first kappa shape index (κ1) is 17.3. The minimum Gasteiger partial charge on any atom is -0.393 e. The van der Waals surface area contributed by atoms with Crippen LogP contribution in [0.5, 0.6) is 0 Å². The summed E-state index contributed by atoms with van der Waals surface area (Å²) in [5.74, 6) is -0.110. The fourth-order valence-corrected chi connectivity index (χ4v) is 2.06. The van der Waals surface area contributed by atoms with Gasteiger partial charge >= 0.3 is 0 Å². The average Bonchev–Trinajstić information content (AvgIpc) is 2.22. The zero-order valence-electron chi connectivity index (χ0n) is 12.0. The third-order valence-corrected chi connectivity index (χ3v) is 3.14. The zero-order chi connectivity index (χ0) is 14.3. The summed E-state index contributed by atoms with van der Waals surface area (Å²) in [6, 6.07) is -0.00644. The number of hydrogen-bond donors (Lipinski definition) is 2. The quantitative estimate of drug-likeness (QED) is 0.662. The molecule has 106 valence electrons. The molecule has 0 saturated carbocycles. The highest BCUT2D eigenvalue weighted by molar-refractivity contribution is 7.80. The Kier molecular flexibility index (Phi) is 8.11. The Bertz CT molecular complexity index is 280. The number of amides is 1. The van der Waals surface area contributed by atoms with Gasteiger partial charge in [-0.2, -0.15) is 0 Å². The zero-order valence-corrected chi connectivity index (χ0v) is 12.8. The van der Waals surface area contributed by atoms with E-state index in [1.165, 1.54) is 0 Å². The van der Waals surface area contributed by atoms with E-state index in [1.54, 1.807) is 0 Å². The normalized spacial score (nSPS) is 14.6. The first-order chi connectivity index (χ1) is 8.31. The lowest BCUT2D eigenvalue weighted by Gasteiger charge is -2.26. The lowest BCUT2D eigenvalue weighted by molar-refractivity contribution is -0.125. The Labute approximate surface area is 116 Å². The largest absolute Gasteiger partial charge is 0.393 e. The first-order valence-electron chi connectivity index (χ1n) is 6.48. The third-order valence-electron chi connectivity index (χ3n) is 2.89. The van der Waals surface area contributed by atoms with Gasteiger partial charge in [0.2, 0.25) is 5.91 Å². The topological polar surface area (TPSA) is 64.3 Å². The molecule has 2 atom stereocenters. The van der Waals surface area contributed by atoms with Gasteiger partial charge in [-0.1, -0.05) is 39.9 Å². The van der Waals surface area contributed by atoms with Crippen molar-refractivity contribution in [3.8, 4) is 0 Å². The van der Waals surface area contributed by atoms with Gasteiger partial charge in [0, 0.05) is 6.61 Å². The van der Waals surface area contributed by atoms with Crippen molar-refractivity contribution in [2.45, 2.75) is 40.7 Å². The molecule has 0 radical (unpaired) electrons. The maximum atomic E-state index is 12.2. The number of rotatable bonds is 8. The number of carbonyl (C=O) groups is 1. The monoisotopic (exact) mass is 274 g/mol. The van der Waals surface area contributed by atoms with Gasteiger partial charge in [-0.25, -0.2) is 0 Å². The molecule has 0 aliphatic heterocycles. The van der Waals surface area contributed by atoms with Crippen LogP contribution in [0.4, 0.5) is 0 Å². The molecule has 0 heterocycles. The van der Waals surface area contributed by atoms with Gasteiger partial charge in [-0.15, -0.1) is 0 Å². The van der Waals surface area contributed by atoms with Gasteiger partial charge in [0.05, 0.1) is 23.6 Å². The highest BCUT2D eigenvalue weighted by Gasteiger charge is 2.27. The second-order valence-corrected chi connectivity index (χ2v) is 5.61. The molecule has 1 amide bonds. The van der Waals surface area contributed by atoms with Gasteiger partial charge in [-0.05, 0) is 18.8 Å². The Morgan fingerprint density at radius 1 is 1.28 bits per heavy atom. The van der Waals surface area contributed by atoms with Crippen LogP contribution in [0.15, 0.2) is 0 Å².